The number of hydrogen-bond donors (Lipinski definition) is 0. The third-order valence-electron chi connectivity index (χ3n) is 7.49. The molecule has 0 fully saturated rings. The molecular formula is C35H39IrN8-3. The average molecular weight is 764 g/mol. The van der Waals surface area contributed by atoms with Gasteiger partial charge < -0.3 is 28.5 Å². The molecule has 2 aromatic carbocycles. The first-order valence-corrected chi connectivity index (χ1v) is 14.1. The molecule has 1 radical (unpaired) electrons. The quantitative estimate of drug-likeness (QED) is 0.193. The van der Waals surface area contributed by atoms with E-state index in [9.17, 15) is 0 Å². The Bertz CT molecular complexity index is 1720. The summed E-state index contributed by atoms with van der Waals surface area (Å²) in [4.78, 5) is 4.08. The Morgan fingerprint density at radius 2 is 1.23 bits per heavy atom. The van der Waals surface area contributed by atoms with Gasteiger partial charge in [0.15, 0.2) is 0 Å². The van der Waals surface area contributed by atoms with E-state index in [4.69, 9.17) is 0 Å². The molecule has 0 saturated heterocycles. The van der Waals surface area contributed by atoms with Gasteiger partial charge in [-0.3, -0.25) is 10.2 Å². The predicted molar refractivity (Wildman–Crippen MR) is 166 cm³/mol. The van der Waals surface area contributed by atoms with Crippen LogP contribution in [0.3, 0.4) is 0 Å². The summed E-state index contributed by atoms with van der Waals surface area (Å²) in [5.74, 6) is 0. The summed E-state index contributed by atoms with van der Waals surface area (Å²) in [6, 6.07) is 20.7. The molecule has 0 spiro atoms. The third-order valence-corrected chi connectivity index (χ3v) is 7.49. The van der Waals surface area contributed by atoms with E-state index < -0.39 is 0 Å². The SMILES string of the molecule is Cc1c[c-]c(-n2[c-][n+](C)c(C)c2C)c(C)c1.Cc1c[c-]c(-n2[c-][n+](C)c(C)c2C)c(C)c1.[Ir].c1ccc(-c2cnn[n-]2)nc1. The minimum Gasteiger partial charge on any atom is -0.358 e. The number of pyridine rings is 1. The second-order valence-corrected chi connectivity index (χ2v) is 10.8. The Morgan fingerprint density at radius 3 is 1.57 bits per heavy atom. The molecule has 0 unspecified atom stereocenters. The van der Waals surface area contributed by atoms with Gasteiger partial charge in [0.25, 0.3) is 0 Å². The number of imidazole rings is 2. The van der Waals surface area contributed by atoms with Crippen LogP contribution in [-0.2, 0) is 34.2 Å². The van der Waals surface area contributed by atoms with Crippen molar-refractivity contribution in [3.8, 4) is 22.8 Å². The first kappa shape index (κ1) is 34.3. The largest absolute Gasteiger partial charge is 0.358 e. The Balaban J connectivity index is 0.000000181. The van der Waals surface area contributed by atoms with Crippen LogP contribution in [0.15, 0.2) is 54.9 Å². The summed E-state index contributed by atoms with van der Waals surface area (Å²) < 4.78 is 8.18. The van der Waals surface area contributed by atoms with E-state index in [-0.39, 0.29) is 20.1 Å². The molecule has 0 N–H and O–H groups in total. The average Bonchev–Trinajstić information content (AvgIpc) is 3.68. The van der Waals surface area contributed by atoms with Crippen molar-refractivity contribution in [3.05, 3.63) is 125 Å². The van der Waals surface area contributed by atoms with E-state index in [1.54, 1.807) is 12.4 Å². The summed E-state index contributed by atoms with van der Waals surface area (Å²) in [5.41, 5.74) is 13.5. The second kappa shape index (κ2) is 15.0. The Labute approximate surface area is 274 Å². The molecule has 4 aromatic heterocycles. The van der Waals surface area contributed by atoms with Gasteiger partial charge in [-0.05, 0) is 45.5 Å². The predicted octanol–water partition coefficient (Wildman–Crippen LogP) is 4.77. The van der Waals surface area contributed by atoms with Crippen molar-refractivity contribution in [2.24, 2.45) is 14.1 Å². The first-order valence-electron chi connectivity index (χ1n) is 14.1. The van der Waals surface area contributed by atoms with Crippen molar-refractivity contribution in [2.75, 3.05) is 0 Å². The maximum Gasteiger partial charge on any atom is 0.241 e. The molecule has 44 heavy (non-hydrogen) atoms. The van der Waals surface area contributed by atoms with Crippen LogP contribution in [0.25, 0.3) is 22.8 Å². The first-order chi connectivity index (χ1) is 20.5. The topological polar surface area (TPSA) is 70.4 Å². The molecule has 6 aromatic rings. The minimum absolute atomic E-state index is 0. The number of aryl methyl sites for hydroxylation is 6. The summed E-state index contributed by atoms with van der Waals surface area (Å²) in [5, 5.41) is 10.8. The van der Waals surface area contributed by atoms with Crippen LogP contribution in [0.5, 0.6) is 0 Å². The van der Waals surface area contributed by atoms with Crippen molar-refractivity contribution >= 4 is 0 Å². The summed E-state index contributed by atoms with van der Waals surface area (Å²) in [6.45, 7) is 16.8. The number of benzene rings is 2. The number of rotatable bonds is 3. The van der Waals surface area contributed by atoms with Crippen molar-refractivity contribution in [1.29, 1.82) is 0 Å². The molecule has 0 aliphatic heterocycles. The van der Waals surface area contributed by atoms with Crippen LogP contribution in [0, 0.1) is 80.2 Å². The van der Waals surface area contributed by atoms with E-state index in [0.29, 0.717) is 5.69 Å². The molecule has 8 nitrogen and oxygen atoms in total. The van der Waals surface area contributed by atoms with E-state index in [1.807, 2.05) is 53.6 Å². The molecule has 4 heterocycles. The molecule has 9 heteroatoms. The van der Waals surface area contributed by atoms with Gasteiger partial charge in [-0.2, -0.15) is 58.7 Å². The maximum atomic E-state index is 4.08. The zero-order chi connectivity index (χ0) is 31.3. The molecular weight excluding hydrogens is 725 g/mol. The van der Waals surface area contributed by atoms with E-state index >= 15 is 0 Å². The van der Waals surface area contributed by atoms with E-state index in [2.05, 4.69) is 122 Å². The minimum atomic E-state index is 0. The van der Waals surface area contributed by atoms with Crippen molar-refractivity contribution in [2.45, 2.75) is 55.4 Å². The van der Waals surface area contributed by atoms with Gasteiger partial charge in [0.1, 0.15) is 0 Å². The normalized spacial score (nSPS) is 10.3. The molecule has 0 aliphatic carbocycles. The molecule has 0 atom stereocenters. The van der Waals surface area contributed by atoms with Crippen LogP contribution in [0.1, 0.15) is 45.0 Å². The standard InChI is InChI=1S/2C14H17N2.C7H5N4.Ir/c2*1-10-6-7-14(11(2)8-10)16-9-15(5)12(3)13(16)4;1-2-4-8-6(3-1)7-5-9-11-10-7;/h2*6,8H,1-5H3;1-5H;/q3*-1;. The summed E-state index contributed by atoms with van der Waals surface area (Å²) in [7, 11) is 4.03. The zero-order valence-electron chi connectivity index (χ0n) is 27.1. The Hall–Kier alpha value is -4.20. The molecule has 231 valence electrons. The van der Waals surface area contributed by atoms with Crippen LogP contribution in [0.2, 0.25) is 0 Å². The van der Waals surface area contributed by atoms with Crippen LogP contribution >= 0.6 is 0 Å². The number of aromatic nitrogens is 8. The van der Waals surface area contributed by atoms with Gasteiger partial charge in [0.2, 0.25) is 12.7 Å². The van der Waals surface area contributed by atoms with E-state index in [0.717, 1.165) is 17.1 Å². The van der Waals surface area contributed by atoms with Gasteiger partial charge in [0, 0.05) is 49.1 Å². The molecule has 6 rings (SSSR count). The van der Waals surface area contributed by atoms with Crippen molar-refractivity contribution in [3.63, 3.8) is 0 Å². The second-order valence-electron chi connectivity index (χ2n) is 10.8. The Kier molecular flexibility index (Phi) is 11.7. The van der Waals surface area contributed by atoms with Crippen LogP contribution in [0.4, 0.5) is 0 Å². The van der Waals surface area contributed by atoms with Crippen molar-refractivity contribution in [1.82, 2.24) is 29.5 Å². The van der Waals surface area contributed by atoms with Gasteiger partial charge in [0.05, 0.1) is 19.8 Å². The molecule has 0 aliphatic rings. The summed E-state index contributed by atoms with van der Waals surface area (Å²) >= 11 is 0. The number of hydrogen-bond acceptors (Lipinski definition) is 3. The van der Waals surface area contributed by atoms with Gasteiger partial charge in [-0.15, -0.1) is 0 Å². The zero-order valence-corrected chi connectivity index (χ0v) is 29.5. The van der Waals surface area contributed by atoms with Gasteiger partial charge in [-0.1, -0.05) is 51.3 Å². The number of nitrogens with zero attached hydrogens (tertiary/aromatic N) is 8. The fourth-order valence-corrected chi connectivity index (χ4v) is 4.63. The van der Waals surface area contributed by atoms with E-state index in [1.165, 1.54) is 45.0 Å². The Morgan fingerprint density at radius 1 is 0.727 bits per heavy atom. The monoisotopic (exact) mass is 764 g/mol. The molecule has 0 saturated carbocycles. The fraction of sp³-hybridized carbons (Fsp3) is 0.286. The smallest absolute Gasteiger partial charge is 0.241 e. The fourth-order valence-electron chi connectivity index (χ4n) is 4.63. The van der Waals surface area contributed by atoms with Crippen LogP contribution in [-0.4, -0.2) is 24.4 Å². The molecule has 0 amide bonds. The summed E-state index contributed by atoms with van der Waals surface area (Å²) in [6.07, 6.45) is 9.88. The van der Waals surface area contributed by atoms with Gasteiger partial charge >= 0.3 is 0 Å². The van der Waals surface area contributed by atoms with Crippen LogP contribution < -0.4 is 14.2 Å². The maximum absolute atomic E-state index is 4.08. The third kappa shape index (κ3) is 7.84. The van der Waals surface area contributed by atoms with Crippen molar-refractivity contribution < 1.29 is 29.2 Å². The molecule has 0 bridgehead atoms. The van der Waals surface area contributed by atoms with Gasteiger partial charge in [-0.25, -0.2) is 0 Å².